The van der Waals surface area contributed by atoms with Crippen LogP contribution in [0.15, 0.2) is 0 Å². The first kappa shape index (κ1) is 11.1. The summed E-state index contributed by atoms with van der Waals surface area (Å²) in [6.07, 6.45) is 0. The molecule has 2 aromatic rings. The maximum atomic E-state index is 5.86. The molecule has 86 valence electrons. The van der Waals surface area contributed by atoms with Gasteiger partial charge in [-0.1, -0.05) is 0 Å². The van der Waals surface area contributed by atoms with Gasteiger partial charge in [0.05, 0.1) is 18.6 Å². The van der Waals surface area contributed by atoms with Gasteiger partial charge in [-0.2, -0.15) is 9.90 Å². The summed E-state index contributed by atoms with van der Waals surface area (Å²) in [6.45, 7) is 4.47. The van der Waals surface area contributed by atoms with Gasteiger partial charge in [0.25, 0.3) is 0 Å². The second-order valence-corrected chi connectivity index (χ2v) is 3.90. The third-order valence-corrected chi connectivity index (χ3v) is 2.77. The highest BCUT2D eigenvalue weighted by molar-refractivity contribution is 6.17. The first-order valence-corrected chi connectivity index (χ1v) is 5.47. The van der Waals surface area contributed by atoms with Crippen molar-refractivity contribution in [3.8, 4) is 0 Å². The average Bonchev–Trinajstić information content (AvgIpc) is 2.74. The fraction of sp³-hybridized carbons (Fsp3) is 0.556. The van der Waals surface area contributed by atoms with Crippen molar-refractivity contribution >= 4 is 11.6 Å². The van der Waals surface area contributed by atoms with Crippen molar-refractivity contribution < 1.29 is 0 Å². The molecule has 2 rings (SSSR count). The van der Waals surface area contributed by atoms with E-state index < -0.39 is 0 Å². The molecule has 0 aliphatic rings. The van der Waals surface area contributed by atoms with Crippen LogP contribution < -0.4 is 0 Å². The summed E-state index contributed by atoms with van der Waals surface area (Å²) in [4.78, 5) is 1.43. The van der Waals surface area contributed by atoms with Gasteiger partial charge in [0, 0.05) is 11.3 Å². The van der Waals surface area contributed by atoms with Crippen molar-refractivity contribution in [2.45, 2.75) is 26.3 Å². The maximum absolute atomic E-state index is 5.86. The van der Waals surface area contributed by atoms with E-state index in [1.54, 1.807) is 7.05 Å². The van der Waals surface area contributed by atoms with E-state index in [2.05, 4.69) is 20.5 Å². The van der Waals surface area contributed by atoms with Crippen LogP contribution in [0, 0.1) is 13.8 Å². The Bertz CT molecular complexity index is 500. The highest BCUT2D eigenvalue weighted by atomic mass is 35.5. The lowest BCUT2D eigenvalue weighted by molar-refractivity contribution is 0.610. The van der Waals surface area contributed by atoms with Crippen molar-refractivity contribution in [3.05, 3.63) is 22.8 Å². The van der Waals surface area contributed by atoms with E-state index in [1.165, 1.54) is 4.80 Å². The van der Waals surface area contributed by atoms with Crippen LogP contribution in [0.2, 0.25) is 0 Å². The predicted molar refractivity (Wildman–Crippen MR) is 59.2 cm³/mol. The Labute approximate surface area is 98.2 Å². The number of aryl methyl sites for hydroxylation is 2. The first-order chi connectivity index (χ1) is 7.61. The zero-order valence-corrected chi connectivity index (χ0v) is 10.2. The fourth-order valence-corrected chi connectivity index (χ4v) is 1.99. The summed E-state index contributed by atoms with van der Waals surface area (Å²) in [5.41, 5.74) is 3.09. The Morgan fingerprint density at radius 1 is 1.25 bits per heavy atom. The van der Waals surface area contributed by atoms with E-state index in [0.29, 0.717) is 18.2 Å². The molecule has 0 amide bonds. The van der Waals surface area contributed by atoms with Crippen molar-refractivity contribution in [1.82, 2.24) is 30.0 Å². The minimum atomic E-state index is 0.478. The summed E-state index contributed by atoms with van der Waals surface area (Å²) in [5.74, 6) is 1.13. The molecule has 0 aliphatic carbocycles. The number of halogens is 1. The number of hydrogen-bond donors (Lipinski definition) is 0. The van der Waals surface area contributed by atoms with Crippen LogP contribution >= 0.6 is 11.6 Å². The lowest BCUT2D eigenvalue weighted by Gasteiger charge is -2.00. The number of aromatic nitrogens is 6. The van der Waals surface area contributed by atoms with Crippen LogP contribution in [-0.4, -0.2) is 30.0 Å². The van der Waals surface area contributed by atoms with Crippen molar-refractivity contribution in [1.29, 1.82) is 0 Å². The lowest BCUT2D eigenvalue weighted by Crippen LogP contribution is -2.06. The molecule has 0 radical (unpaired) electrons. The summed E-state index contributed by atoms with van der Waals surface area (Å²) >= 11 is 5.86. The average molecular weight is 241 g/mol. The van der Waals surface area contributed by atoms with Gasteiger partial charge in [-0.15, -0.1) is 21.8 Å². The van der Waals surface area contributed by atoms with E-state index in [0.717, 1.165) is 17.0 Å². The summed E-state index contributed by atoms with van der Waals surface area (Å²) in [5, 5.41) is 16.2. The Morgan fingerprint density at radius 2 is 2.00 bits per heavy atom. The molecule has 0 saturated heterocycles. The Morgan fingerprint density at radius 3 is 2.50 bits per heavy atom. The molecule has 0 saturated carbocycles. The van der Waals surface area contributed by atoms with Crippen LogP contribution in [0.4, 0.5) is 0 Å². The molecule has 16 heavy (non-hydrogen) atoms. The van der Waals surface area contributed by atoms with E-state index in [1.807, 2.05) is 18.5 Å². The summed E-state index contributed by atoms with van der Waals surface area (Å²) in [6, 6.07) is 0. The van der Waals surface area contributed by atoms with Gasteiger partial charge in [-0.25, -0.2) is 0 Å². The normalized spacial score (nSPS) is 11.0. The third kappa shape index (κ3) is 1.92. The number of tetrazole rings is 1. The van der Waals surface area contributed by atoms with Crippen LogP contribution in [0.1, 0.15) is 22.8 Å². The Kier molecular flexibility index (Phi) is 2.91. The van der Waals surface area contributed by atoms with Gasteiger partial charge in [0.2, 0.25) is 0 Å². The molecular weight excluding hydrogens is 228 g/mol. The molecule has 0 bridgehead atoms. The third-order valence-electron chi connectivity index (χ3n) is 2.51. The molecule has 0 unspecified atom stereocenters. The zero-order chi connectivity index (χ0) is 11.7. The minimum absolute atomic E-state index is 0.478. The van der Waals surface area contributed by atoms with Crippen LogP contribution in [0.25, 0.3) is 0 Å². The Balaban J connectivity index is 2.28. The quantitative estimate of drug-likeness (QED) is 0.745. The number of rotatable bonds is 3. The molecule has 0 spiro atoms. The first-order valence-electron chi connectivity index (χ1n) is 4.93. The van der Waals surface area contributed by atoms with Crippen LogP contribution in [0.5, 0.6) is 0 Å². The molecule has 0 atom stereocenters. The van der Waals surface area contributed by atoms with Gasteiger partial charge in [0.1, 0.15) is 6.54 Å². The monoisotopic (exact) mass is 240 g/mol. The highest BCUT2D eigenvalue weighted by Crippen LogP contribution is 2.15. The molecule has 0 aliphatic heterocycles. The SMILES string of the molecule is Cc1nn(Cc2nnn(C)n2)c(C)c1CCl. The molecule has 0 fully saturated rings. The minimum Gasteiger partial charge on any atom is -0.261 e. The van der Waals surface area contributed by atoms with E-state index in [4.69, 9.17) is 11.6 Å². The molecular formula is C9H13ClN6. The van der Waals surface area contributed by atoms with Gasteiger partial charge in [-0.05, 0) is 19.1 Å². The molecule has 0 aromatic carbocycles. The molecule has 0 N–H and O–H groups in total. The van der Waals surface area contributed by atoms with Crippen molar-refractivity contribution in [2.75, 3.05) is 0 Å². The largest absolute Gasteiger partial charge is 0.261 e. The standard InChI is InChI=1S/C9H13ClN6/c1-6-8(4-10)7(2)16(12-6)5-9-11-14-15(3)13-9/h4-5H2,1-3H3. The van der Waals surface area contributed by atoms with Crippen LogP contribution in [0.3, 0.4) is 0 Å². The van der Waals surface area contributed by atoms with E-state index in [-0.39, 0.29) is 0 Å². The maximum Gasteiger partial charge on any atom is 0.196 e. The second kappa shape index (κ2) is 4.21. The molecule has 6 nitrogen and oxygen atoms in total. The lowest BCUT2D eigenvalue weighted by atomic mass is 10.2. The zero-order valence-electron chi connectivity index (χ0n) is 9.48. The number of hydrogen-bond acceptors (Lipinski definition) is 4. The van der Waals surface area contributed by atoms with E-state index >= 15 is 0 Å². The highest BCUT2D eigenvalue weighted by Gasteiger charge is 2.12. The summed E-state index contributed by atoms with van der Waals surface area (Å²) < 4.78 is 1.85. The molecule has 7 heteroatoms. The summed E-state index contributed by atoms with van der Waals surface area (Å²) in [7, 11) is 1.74. The second-order valence-electron chi connectivity index (χ2n) is 3.64. The fourth-order valence-electron chi connectivity index (χ4n) is 1.60. The van der Waals surface area contributed by atoms with Crippen molar-refractivity contribution in [2.24, 2.45) is 7.05 Å². The molecule has 2 heterocycles. The van der Waals surface area contributed by atoms with Crippen LogP contribution in [-0.2, 0) is 19.5 Å². The van der Waals surface area contributed by atoms with Crippen molar-refractivity contribution in [3.63, 3.8) is 0 Å². The number of nitrogens with zero attached hydrogens (tertiary/aromatic N) is 6. The van der Waals surface area contributed by atoms with Gasteiger partial charge in [-0.3, -0.25) is 4.68 Å². The van der Waals surface area contributed by atoms with Gasteiger partial charge < -0.3 is 0 Å². The molecule has 2 aromatic heterocycles. The topological polar surface area (TPSA) is 61.4 Å². The Hall–Kier alpha value is -1.43. The predicted octanol–water partition coefficient (Wildman–Crippen LogP) is 0.811. The number of alkyl halides is 1. The smallest absolute Gasteiger partial charge is 0.196 e. The van der Waals surface area contributed by atoms with E-state index in [9.17, 15) is 0 Å². The van der Waals surface area contributed by atoms with Gasteiger partial charge in [0.15, 0.2) is 5.82 Å². The van der Waals surface area contributed by atoms with Gasteiger partial charge >= 0.3 is 0 Å².